The number of nitro groups is 1. The molecule has 0 fully saturated rings. The van der Waals surface area contributed by atoms with E-state index in [1.807, 2.05) is 24.3 Å². The summed E-state index contributed by atoms with van der Waals surface area (Å²) in [4.78, 5) is 15.0. The summed E-state index contributed by atoms with van der Waals surface area (Å²) >= 11 is 0. The summed E-state index contributed by atoms with van der Waals surface area (Å²) in [6.07, 6.45) is 1.48. The third kappa shape index (κ3) is 3.30. The number of nitriles is 1. The molecule has 0 unspecified atom stereocenters. The number of nitrogens with zero attached hydrogens (tertiary/aromatic N) is 4. The number of aryl methyl sites for hydroxylation is 1. The summed E-state index contributed by atoms with van der Waals surface area (Å²) in [5.74, 6) is -0.118. The first kappa shape index (κ1) is 17.9. The fourth-order valence-corrected chi connectivity index (χ4v) is 2.80. The predicted molar refractivity (Wildman–Crippen MR) is 100 cm³/mol. The molecule has 8 heteroatoms. The van der Waals surface area contributed by atoms with Crippen molar-refractivity contribution in [3.8, 4) is 17.6 Å². The minimum absolute atomic E-state index is 0.0137. The van der Waals surface area contributed by atoms with Gasteiger partial charge in [-0.2, -0.15) is 5.26 Å². The molecule has 8 nitrogen and oxygen atoms in total. The molecule has 136 valence electrons. The zero-order valence-corrected chi connectivity index (χ0v) is 14.7. The molecule has 27 heavy (non-hydrogen) atoms. The van der Waals surface area contributed by atoms with Crippen molar-refractivity contribution in [3.05, 3.63) is 57.9 Å². The van der Waals surface area contributed by atoms with E-state index in [1.165, 1.54) is 18.2 Å². The topological polar surface area (TPSA) is 114 Å². The Balaban J connectivity index is 2.17. The smallest absolute Gasteiger partial charge is 0.315 e. The number of para-hydroxylation sites is 2. The second kappa shape index (κ2) is 7.17. The van der Waals surface area contributed by atoms with Gasteiger partial charge >= 0.3 is 5.69 Å². The van der Waals surface area contributed by atoms with Crippen LogP contribution < -0.4 is 4.74 Å². The number of ether oxygens (including phenoxy) is 1. The Hall–Kier alpha value is -3.86. The normalized spacial score (nSPS) is 11.4. The van der Waals surface area contributed by atoms with Crippen molar-refractivity contribution >= 4 is 28.4 Å². The van der Waals surface area contributed by atoms with Gasteiger partial charge in [0.25, 0.3) is 0 Å². The van der Waals surface area contributed by atoms with Crippen LogP contribution in [0.4, 0.5) is 5.69 Å². The van der Waals surface area contributed by atoms with Gasteiger partial charge in [-0.05, 0) is 36.8 Å². The SMILES string of the molecule is CCOc1cc(/C=C(/C#N)c2nc3ccccc3n2C)cc([N+](=O)[O-])c1O. The third-order valence-corrected chi connectivity index (χ3v) is 4.03. The first-order valence-corrected chi connectivity index (χ1v) is 8.14. The molecule has 0 amide bonds. The Morgan fingerprint density at radius 3 is 2.81 bits per heavy atom. The Labute approximate surface area is 154 Å². The largest absolute Gasteiger partial charge is 0.500 e. The van der Waals surface area contributed by atoms with E-state index in [1.54, 1.807) is 18.5 Å². The molecular weight excluding hydrogens is 348 g/mol. The average molecular weight is 364 g/mol. The molecule has 0 aliphatic heterocycles. The lowest BCUT2D eigenvalue weighted by molar-refractivity contribution is -0.386. The van der Waals surface area contributed by atoms with E-state index in [4.69, 9.17) is 4.74 Å². The summed E-state index contributed by atoms with van der Waals surface area (Å²) in [7, 11) is 1.79. The van der Waals surface area contributed by atoms with Crippen LogP contribution in [0.25, 0.3) is 22.7 Å². The number of aromatic hydroxyl groups is 1. The van der Waals surface area contributed by atoms with Crippen molar-refractivity contribution < 1.29 is 14.8 Å². The molecule has 0 saturated carbocycles. The highest BCUT2D eigenvalue weighted by atomic mass is 16.6. The van der Waals surface area contributed by atoms with Crippen molar-refractivity contribution in [3.63, 3.8) is 0 Å². The van der Waals surface area contributed by atoms with Crippen molar-refractivity contribution in [2.75, 3.05) is 6.61 Å². The molecule has 1 heterocycles. The quantitative estimate of drug-likeness (QED) is 0.420. The molecule has 0 aliphatic carbocycles. The number of imidazole rings is 1. The van der Waals surface area contributed by atoms with Gasteiger partial charge in [-0.15, -0.1) is 0 Å². The zero-order chi connectivity index (χ0) is 19.6. The van der Waals surface area contributed by atoms with Crippen LogP contribution in [0.15, 0.2) is 36.4 Å². The number of hydrogen-bond acceptors (Lipinski definition) is 6. The van der Waals surface area contributed by atoms with Crippen molar-refractivity contribution in [2.24, 2.45) is 7.05 Å². The number of phenolic OH excluding ortho intramolecular Hbond substituents is 1. The monoisotopic (exact) mass is 364 g/mol. The number of aromatic nitrogens is 2. The Bertz CT molecular complexity index is 1110. The molecule has 3 rings (SSSR count). The first-order chi connectivity index (χ1) is 13.0. The van der Waals surface area contributed by atoms with Crippen LogP contribution in [0.2, 0.25) is 0 Å². The summed E-state index contributed by atoms with van der Waals surface area (Å²) in [5.41, 5.74) is 1.69. The standard InChI is InChI=1S/C19H16N4O4/c1-3-27-17-10-12(9-16(18(17)24)23(25)26)8-13(11-20)19-21-14-6-4-5-7-15(14)22(19)2/h4-10,24H,3H2,1-2H3/b13-8-. The summed E-state index contributed by atoms with van der Waals surface area (Å²) in [6.45, 7) is 1.93. The Morgan fingerprint density at radius 2 is 2.19 bits per heavy atom. The zero-order valence-electron chi connectivity index (χ0n) is 14.7. The maximum absolute atomic E-state index is 11.2. The molecule has 1 aromatic heterocycles. The van der Waals surface area contributed by atoms with E-state index in [0.717, 1.165) is 11.0 Å². The van der Waals surface area contributed by atoms with Gasteiger partial charge in [0.1, 0.15) is 6.07 Å². The highest BCUT2D eigenvalue weighted by Gasteiger charge is 2.20. The molecule has 2 aromatic carbocycles. The summed E-state index contributed by atoms with van der Waals surface area (Å²) < 4.78 is 7.05. The lowest BCUT2D eigenvalue weighted by Gasteiger charge is -2.08. The van der Waals surface area contributed by atoms with Crippen LogP contribution in [-0.2, 0) is 7.05 Å². The first-order valence-electron chi connectivity index (χ1n) is 8.14. The van der Waals surface area contributed by atoms with Gasteiger partial charge in [0, 0.05) is 13.1 Å². The van der Waals surface area contributed by atoms with Gasteiger partial charge in [-0.3, -0.25) is 10.1 Å². The van der Waals surface area contributed by atoms with Crippen molar-refractivity contribution in [1.82, 2.24) is 9.55 Å². The number of phenols is 1. The van der Waals surface area contributed by atoms with E-state index in [-0.39, 0.29) is 17.9 Å². The van der Waals surface area contributed by atoms with Crippen molar-refractivity contribution in [2.45, 2.75) is 6.92 Å². The van der Waals surface area contributed by atoms with E-state index in [9.17, 15) is 20.5 Å². The van der Waals surface area contributed by atoms with E-state index in [2.05, 4.69) is 11.1 Å². The van der Waals surface area contributed by atoms with Gasteiger partial charge < -0.3 is 14.4 Å². The second-order valence-electron chi connectivity index (χ2n) is 5.73. The lowest BCUT2D eigenvalue weighted by atomic mass is 10.1. The summed E-state index contributed by atoms with van der Waals surface area (Å²) in [6, 6.07) is 12.2. The molecule has 0 spiro atoms. The maximum Gasteiger partial charge on any atom is 0.315 e. The van der Waals surface area contributed by atoms with E-state index in [0.29, 0.717) is 11.4 Å². The number of allylic oxidation sites excluding steroid dienone is 1. The van der Waals surface area contributed by atoms with Crippen LogP contribution in [0.3, 0.4) is 0 Å². The summed E-state index contributed by atoms with van der Waals surface area (Å²) in [5, 5.41) is 30.8. The van der Waals surface area contributed by atoms with Crippen LogP contribution in [0.5, 0.6) is 11.5 Å². The fraction of sp³-hybridized carbons (Fsp3) is 0.158. The number of fused-ring (bicyclic) bond motifs is 1. The van der Waals surface area contributed by atoms with Gasteiger partial charge in [0.05, 0.1) is 28.1 Å². The highest BCUT2D eigenvalue weighted by Crippen LogP contribution is 2.38. The van der Waals surface area contributed by atoms with Gasteiger partial charge in [0.2, 0.25) is 5.75 Å². The number of nitro benzene ring substituents is 1. The van der Waals surface area contributed by atoms with E-state index >= 15 is 0 Å². The molecule has 0 atom stereocenters. The lowest BCUT2D eigenvalue weighted by Crippen LogP contribution is -1.98. The third-order valence-electron chi connectivity index (χ3n) is 4.03. The molecule has 0 radical (unpaired) electrons. The molecule has 0 aliphatic rings. The van der Waals surface area contributed by atoms with Crippen LogP contribution in [-0.4, -0.2) is 26.2 Å². The highest BCUT2D eigenvalue weighted by molar-refractivity contribution is 5.91. The Kier molecular flexibility index (Phi) is 4.77. The molecule has 3 aromatic rings. The van der Waals surface area contributed by atoms with Crippen LogP contribution in [0, 0.1) is 21.4 Å². The predicted octanol–water partition coefficient (Wildman–Crippen LogP) is 3.65. The number of rotatable bonds is 5. The fourth-order valence-electron chi connectivity index (χ4n) is 2.80. The number of benzene rings is 2. The van der Waals surface area contributed by atoms with Gasteiger partial charge in [0.15, 0.2) is 11.6 Å². The molecule has 0 saturated heterocycles. The maximum atomic E-state index is 11.2. The van der Waals surface area contributed by atoms with Crippen LogP contribution >= 0.6 is 0 Å². The minimum atomic E-state index is -0.698. The second-order valence-corrected chi connectivity index (χ2v) is 5.73. The average Bonchev–Trinajstić information content (AvgIpc) is 2.99. The van der Waals surface area contributed by atoms with Gasteiger partial charge in [-0.1, -0.05) is 12.1 Å². The number of hydrogen-bond donors (Lipinski definition) is 1. The Morgan fingerprint density at radius 1 is 1.44 bits per heavy atom. The van der Waals surface area contributed by atoms with Gasteiger partial charge in [-0.25, -0.2) is 4.98 Å². The molecule has 0 bridgehead atoms. The molecular formula is C19H16N4O4. The van der Waals surface area contributed by atoms with Crippen LogP contribution in [0.1, 0.15) is 18.3 Å². The minimum Gasteiger partial charge on any atom is -0.500 e. The van der Waals surface area contributed by atoms with Crippen molar-refractivity contribution in [1.29, 1.82) is 5.26 Å². The van der Waals surface area contributed by atoms with E-state index < -0.39 is 16.4 Å². The molecule has 1 N–H and O–H groups in total.